The molecule has 4 rings (SSSR count). The van der Waals surface area contributed by atoms with Gasteiger partial charge in [-0.2, -0.15) is 0 Å². The average molecular weight is 340 g/mol. The van der Waals surface area contributed by atoms with Gasteiger partial charge in [0.15, 0.2) is 0 Å². The maximum atomic E-state index is 5.03. The van der Waals surface area contributed by atoms with Crippen LogP contribution in [0, 0.1) is 0 Å². The summed E-state index contributed by atoms with van der Waals surface area (Å²) in [5, 5.41) is 0. The Balaban J connectivity index is 1.68. The van der Waals surface area contributed by atoms with E-state index in [1.54, 1.807) is 0 Å². The molecule has 1 saturated heterocycles. The van der Waals surface area contributed by atoms with Gasteiger partial charge in [-0.1, -0.05) is 73.3 Å². The van der Waals surface area contributed by atoms with Gasteiger partial charge >= 0.3 is 0 Å². The van der Waals surface area contributed by atoms with Gasteiger partial charge in [-0.3, -0.25) is 4.98 Å². The summed E-state index contributed by atoms with van der Waals surface area (Å²) in [6, 6.07) is 23.5. The van der Waals surface area contributed by atoms with Gasteiger partial charge in [0.05, 0.1) is 5.69 Å². The van der Waals surface area contributed by atoms with E-state index in [9.17, 15) is 0 Å². The Morgan fingerprint density at radius 2 is 1.62 bits per heavy atom. The molecule has 1 aromatic heterocycles. The third-order valence-electron chi connectivity index (χ3n) is 5.24. The van der Waals surface area contributed by atoms with E-state index in [-0.39, 0.29) is 0 Å². The van der Waals surface area contributed by atoms with Crippen LogP contribution in [-0.4, -0.2) is 30.0 Å². The summed E-state index contributed by atoms with van der Waals surface area (Å²) in [6.45, 7) is 6.21. The first-order chi connectivity index (χ1) is 12.7. The van der Waals surface area contributed by atoms with Crippen LogP contribution in [0.25, 0.3) is 28.5 Å². The number of rotatable bonds is 4. The highest BCUT2D eigenvalue weighted by Crippen LogP contribution is 2.30. The van der Waals surface area contributed by atoms with E-state index in [1.165, 1.54) is 23.2 Å². The Labute approximate surface area is 155 Å². The van der Waals surface area contributed by atoms with Crippen molar-refractivity contribution in [1.29, 1.82) is 0 Å². The number of nitrogens with zero attached hydrogens (tertiary/aromatic N) is 2. The molecule has 2 nitrogen and oxygen atoms in total. The smallest absolute Gasteiger partial charge is 0.0777 e. The number of pyridine rings is 1. The largest absolute Gasteiger partial charge is 0.306 e. The Bertz CT molecular complexity index is 897. The van der Waals surface area contributed by atoms with Crippen LogP contribution in [0.3, 0.4) is 0 Å². The second-order valence-corrected chi connectivity index (χ2v) is 7.07. The number of aromatic nitrogens is 1. The molecule has 0 radical (unpaired) electrons. The quantitative estimate of drug-likeness (QED) is 0.625. The molecule has 1 unspecified atom stereocenters. The number of hydrogen-bond donors (Lipinski definition) is 0. The molecule has 2 aromatic carbocycles. The molecule has 0 spiro atoms. The normalized spacial score (nSPS) is 17.3. The van der Waals surface area contributed by atoms with E-state index in [1.807, 2.05) is 12.1 Å². The summed E-state index contributed by atoms with van der Waals surface area (Å²) in [5.41, 5.74) is 6.93. The van der Waals surface area contributed by atoms with Gasteiger partial charge < -0.3 is 4.90 Å². The summed E-state index contributed by atoms with van der Waals surface area (Å²) in [6.07, 6.45) is 3.08. The van der Waals surface area contributed by atoms with Gasteiger partial charge in [-0.15, -0.1) is 0 Å². The zero-order valence-corrected chi connectivity index (χ0v) is 15.2. The van der Waals surface area contributed by atoms with Crippen LogP contribution >= 0.6 is 0 Å². The Hall–Kier alpha value is -2.71. The lowest BCUT2D eigenvalue weighted by molar-refractivity contribution is 0.411. The summed E-state index contributed by atoms with van der Waals surface area (Å²) in [7, 11) is 2.18. The third-order valence-corrected chi connectivity index (χ3v) is 5.24. The second kappa shape index (κ2) is 7.27. The van der Waals surface area contributed by atoms with Gasteiger partial charge in [0.2, 0.25) is 0 Å². The molecule has 0 N–H and O–H groups in total. The number of likely N-dealkylation sites (N-methyl/N-ethyl adjacent to an activating group) is 1. The van der Waals surface area contributed by atoms with Crippen LogP contribution < -0.4 is 0 Å². The molecule has 26 heavy (non-hydrogen) atoms. The van der Waals surface area contributed by atoms with E-state index in [2.05, 4.69) is 79.2 Å². The first-order valence-corrected chi connectivity index (χ1v) is 9.22. The second-order valence-electron chi connectivity index (χ2n) is 7.07. The molecule has 2 heterocycles. The summed E-state index contributed by atoms with van der Waals surface area (Å²) >= 11 is 0. The minimum Gasteiger partial charge on any atom is -0.306 e. The van der Waals surface area contributed by atoms with Crippen LogP contribution in [0.4, 0.5) is 0 Å². The molecule has 130 valence electrons. The molecule has 0 aliphatic carbocycles. The van der Waals surface area contributed by atoms with Crippen molar-refractivity contribution in [2.45, 2.75) is 12.3 Å². The lowest BCUT2D eigenvalue weighted by Crippen LogP contribution is -2.14. The fraction of sp³-hybridized carbons (Fsp3) is 0.208. The SMILES string of the molecule is C=Cc1ccc(C2CCN(C)C2)nc1-c1ccc(-c2ccccc2)cc1. The lowest BCUT2D eigenvalue weighted by atomic mass is 9.98. The minimum atomic E-state index is 0.529. The molecule has 1 atom stereocenters. The summed E-state index contributed by atoms with van der Waals surface area (Å²) < 4.78 is 0. The molecule has 1 fully saturated rings. The molecule has 2 heteroatoms. The van der Waals surface area contributed by atoms with Crippen LogP contribution in [0.2, 0.25) is 0 Å². The molecule has 1 aliphatic rings. The van der Waals surface area contributed by atoms with E-state index >= 15 is 0 Å². The Kier molecular flexibility index (Phi) is 4.68. The standard InChI is InChI=1S/C24H24N2/c1-3-18-13-14-23(22-15-16-26(2)17-22)25-24(18)21-11-9-20(10-12-21)19-7-5-4-6-8-19/h3-14,22H,1,15-17H2,2H3. The number of hydrogen-bond acceptors (Lipinski definition) is 2. The van der Waals surface area contributed by atoms with Crippen molar-refractivity contribution in [1.82, 2.24) is 9.88 Å². The van der Waals surface area contributed by atoms with Gasteiger partial charge in [0, 0.05) is 29.3 Å². The first-order valence-electron chi connectivity index (χ1n) is 9.22. The van der Waals surface area contributed by atoms with Gasteiger partial charge in [-0.05, 0) is 37.2 Å². The predicted molar refractivity (Wildman–Crippen MR) is 110 cm³/mol. The molecule has 0 bridgehead atoms. The van der Waals surface area contributed by atoms with Gasteiger partial charge in [-0.25, -0.2) is 0 Å². The van der Waals surface area contributed by atoms with Crippen molar-refractivity contribution in [3.05, 3.63) is 84.6 Å². The Morgan fingerprint density at radius 3 is 2.27 bits per heavy atom. The van der Waals surface area contributed by atoms with Crippen LogP contribution in [0.1, 0.15) is 23.6 Å². The fourth-order valence-corrected chi connectivity index (χ4v) is 3.74. The molecular weight excluding hydrogens is 316 g/mol. The number of benzene rings is 2. The van der Waals surface area contributed by atoms with E-state index in [0.29, 0.717) is 5.92 Å². The highest BCUT2D eigenvalue weighted by Gasteiger charge is 2.23. The molecule has 0 amide bonds. The fourth-order valence-electron chi connectivity index (χ4n) is 3.74. The molecule has 0 saturated carbocycles. The lowest BCUT2D eigenvalue weighted by Gasteiger charge is -2.14. The van der Waals surface area contributed by atoms with Gasteiger partial charge in [0.25, 0.3) is 0 Å². The van der Waals surface area contributed by atoms with E-state index in [4.69, 9.17) is 4.98 Å². The summed E-state index contributed by atoms with van der Waals surface area (Å²) in [5.74, 6) is 0.529. The highest BCUT2D eigenvalue weighted by molar-refractivity contribution is 5.74. The molecule has 3 aromatic rings. The van der Waals surface area contributed by atoms with Crippen LogP contribution in [0.5, 0.6) is 0 Å². The zero-order chi connectivity index (χ0) is 17.9. The van der Waals surface area contributed by atoms with Crippen molar-refractivity contribution >= 4 is 6.08 Å². The maximum absolute atomic E-state index is 5.03. The van der Waals surface area contributed by atoms with Crippen molar-refractivity contribution in [2.24, 2.45) is 0 Å². The molecular formula is C24H24N2. The summed E-state index contributed by atoms with van der Waals surface area (Å²) in [4.78, 5) is 7.41. The first kappa shape index (κ1) is 16.7. The van der Waals surface area contributed by atoms with Crippen molar-refractivity contribution in [3.8, 4) is 22.4 Å². The predicted octanol–water partition coefficient (Wildman–Crippen LogP) is 5.48. The van der Waals surface area contributed by atoms with Crippen molar-refractivity contribution < 1.29 is 0 Å². The third kappa shape index (κ3) is 3.33. The molecule has 1 aliphatic heterocycles. The Morgan fingerprint density at radius 1 is 0.923 bits per heavy atom. The van der Waals surface area contributed by atoms with Crippen molar-refractivity contribution in [2.75, 3.05) is 20.1 Å². The highest BCUT2D eigenvalue weighted by atomic mass is 15.1. The topological polar surface area (TPSA) is 16.1 Å². The maximum Gasteiger partial charge on any atom is 0.0777 e. The van der Waals surface area contributed by atoms with Crippen LogP contribution in [-0.2, 0) is 0 Å². The number of likely N-dealkylation sites (tertiary alicyclic amines) is 1. The monoisotopic (exact) mass is 340 g/mol. The van der Waals surface area contributed by atoms with E-state index in [0.717, 1.165) is 29.9 Å². The van der Waals surface area contributed by atoms with Crippen molar-refractivity contribution in [3.63, 3.8) is 0 Å². The van der Waals surface area contributed by atoms with Crippen LogP contribution in [0.15, 0.2) is 73.3 Å². The average Bonchev–Trinajstić information content (AvgIpc) is 3.15. The van der Waals surface area contributed by atoms with E-state index < -0.39 is 0 Å². The van der Waals surface area contributed by atoms with Gasteiger partial charge in [0.1, 0.15) is 0 Å². The zero-order valence-electron chi connectivity index (χ0n) is 15.2. The minimum absolute atomic E-state index is 0.529.